The summed E-state index contributed by atoms with van der Waals surface area (Å²) >= 11 is 0. The van der Waals surface area contributed by atoms with Gasteiger partial charge in [0.05, 0.1) is 25.3 Å². The van der Waals surface area contributed by atoms with Gasteiger partial charge in [0.1, 0.15) is 11.6 Å². The van der Waals surface area contributed by atoms with Crippen molar-refractivity contribution in [2.24, 2.45) is 0 Å². The van der Waals surface area contributed by atoms with E-state index in [1.807, 2.05) is 11.8 Å². The molecule has 1 fully saturated rings. The van der Waals surface area contributed by atoms with E-state index in [1.165, 1.54) is 6.07 Å². The molecule has 5 heteroatoms. The Hall–Kier alpha value is -1.33. The first-order valence-corrected chi connectivity index (χ1v) is 5.88. The van der Waals surface area contributed by atoms with Crippen LogP contribution in [0.2, 0.25) is 0 Å². The zero-order chi connectivity index (χ0) is 13.1. The molecule has 18 heavy (non-hydrogen) atoms. The van der Waals surface area contributed by atoms with E-state index in [9.17, 15) is 13.6 Å². The summed E-state index contributed by atoms with van der Waals surface area (Å²) in [5.74, 6) is -1.81. The molecular formula is C13H15F2NO2. The van der Waals surface area contributed by atoms with Crippen LogP contribution >= 0.6 is 0 Å². The Bertz CT molecular complexity index is 451. The third kappa shape index (κ3) is 2.91. The molecule has 1 heterocycles. The summed E-state index contributed by atoms with van der Waals surface area (Å²) in [6, 6.07) is 3.15. The minimum absolute atomic E-state index is 0.0601. The van der Waals surface area contributed by atoms with Gasteiger partial charge in [-0.05, 0) is 19.1 Å². The van der Waals surface area contributed by atoms with Crippen molar-refractivity contribution in [2.75, 3.05) is 26.3 Å². The molecule has 1 aromatic rings. The highest BCUT2D eigenvalue weighted by Gasteiger charge is 2.23. The molecule has 0 spiro atoms. The van der Waals surface area contributed by atoms with Gasteiger partial charge >= 0.3 is 0 Å². The number of carbonyl (C=O) groups excluding carboxylic acids is 1. The fourth-order valence-electron chi connectivity index (χ4n) is 1.98. The Kier molecular flexibility index (Phi) is 4.04. The zero-order valence-electron chi connectivity index (χ0n) is 10.2. The van der Waals surface area contributed by atoms with Crippen LogP contribution < -0.4 is 0 Å². The maximum absolute atomic E-state index is 13.4. The largest absolute Gasteiger partial charge is 0.379 e. The molecule has 0 radical (unpaired) electrons. The smallest absolute Gasteiger partial charge is 0.179 e. The van der Waals surface area contributed by atoms with Crippen molar-refractivity contribution >= 4 is 5.78 Å². The third-order valence-corrected chi connectivity index (χ3v) is 3.08. The van der Waals surface area contributed by atoms with E-state index in [2.05, 4.69) is 0 Å². The van der Waals surface area contributed by atoms with E-state index in [0.29, 0.717) is 19.8 Å². The molecule has 1 atom stereocenters. The molecule has 3 nitrogen and oxygen atoms in total. The second kappa shape index (κ2) is 5.54. The number of hydrogen-bond acceptors (Lipinski definition) is 3. The number of rotatable bonds is 3. The van der Waals surface area contributed by atoms with Gasteiger partial charge in [-0.2, -0.15) is 0 Å². The van der Waals surface area contributed by atoms with Crippen LogP contribution in [-0.4, -0.2) is 43.0 Å². The van der Waals surface area contributed by atoms with E-state index >= 15 is 0 Å². The van der Waals surface area contributed by atoms with Crippen molar-refractivity contribution in [3.05, 3.63) is 35.4 Å². The van der Waals surface area contributed by atoms with Crippen LogP contribution in [-0.2, 0) is 4.74 Å². The van der Waals surface area contributed by atoms with Gasteiger partial charge < -0.3 is 4.74 Å². The second-order valence-corrected chi connectivity index (χ2v) is 4.44. The van der Waals surface area contributed by atoms with Gasteiger partial charge in [-0.25, -0.2) is 8.78 Å². The average Bonchev–Trinajstić information content (AvgIpc) is 2.32. The van der Waals surface area contributed by atoms with E-state index in [1.54, 1.807) is 0 Å². The number of carbonyl (C=O) groups is 1. The summed E-state index contributed by atoms with van der Waals surface area (Å²) in [7, 11) is 0. The van der Waals surface area contributed by atoms with Gasteiger partial charge in [0.15, 0.2) is 5.78 Å². The van der Waals surface area contributed by atoms with E-state index in [4.69, 9.17) is 4.74 Å². The summed E-state index contributed by atoms with van der Waals surface area (Å²) in [5.41, 5.74) is -0.0601. The van der Waals surface area contributed by atoms with Crippen molar-refractivity contribution in [1.29, 1.82) is 0 Å². The lowest BCUT2D eigenvalue weighted by molar-refractivity contribution is 0.00195. The fraction of sp³-hybridized carbons (Fsp3) is 0.462. The minimum atomic E-state index is -0.805. The van der Waals surface area contributed by atoms with Crippen molar-refractivity contribution < 1.29 is 18.3 Å². The summed E-state index contributed by atoms with van der Waals surface area (Å²) in [6.07, 6.45) is 0. The van der Waals surface area contributed by atoms with Crippen LogP contribution in [0.1, 0.15) is 17.3 Å². The van der Waals surface area contributed by atoms with Gasteiger partial charge in [-0.15, -0.1) is 0 Å². The highest BCUT2D eigenvalue weighted by molar-refractivity contribution is 5.97. The molecule has 1 saturated heterocycles. The normalized spacial score (nSPS) is 20.9. The third-order valence-electron chi connectivity index (χ3n) is 3.08. The number of ketones is 1. The molecule has 1 aromatic carbocycles. The molecule has 1 unspecified atom stereocenters. The summed E-state index contributed by atoms with van der Waals surface area (Å²) < 4.78 is 31.5. The van der Waals surface area contributed by atoms with Gasteiger partial charge in [-0.3, -0.25) is 9.69 Å². The minimum Gasteiger partial charge on any atom is -0.379 e. The molecule has 0 N–H and O–H groups in total. The Morgan fingerprint density at radius 1 is 1.50 bits per heavy atom. The lowest BCUT2D eigenvalue weighted by Gasteiger charge is -2.32. The Morgan fingerprint density at radius 3 is 2.94 bits per heavy atom. The maximum atomic E-state index is 13.4. The number of nitrogens with zero attached hydrogens (tertiary/aromatic N) is 1. The van der Waals surface area contributed by atoms with Crippen molar-refractivity contribution in [3.63, 3.8) is 0 Å². The SMILES string of the molecule is CC1COCCN1CC(=O)c1ccc(F)cc1F. The standard InChI is InChI=1S/C13H15F2NO2/c1-9-8-18-5-4-16(9)7-13(17)11-3-2-10(14)6-12(11)15/h2-3,6,9H,4-5,7-8H2,1H3. The average molecular weight is 255 g/mol. The fourth-order valence-corrected chi connectivity index (χ4v) is 1.98. The molecule has 1 aliphatic rings. The van der Waals surface area contributed by atoms with Crippen LogP contribution in [0.4, 0.5) is 8.78 Å². The predicted molar refractivity (Wildman–Crippen MR) is 62.5 cm³/mol. The van der Waals surface area contributed by atoms with Crippen LogP contribution in [0, 0.1) is 11.6 Å². The number of ether oxygens (including phenoxy) is 1. The van der Waals surface area contributed by atoms with Gasteiger partial charge in [0.25, 0.3) is 0 Å². The quantitative estimate of drug-likeness (QED) is 0.772. The Morgan fingerprint density at radius 2 is 2.28 bits per heavy atom. The molecule has 0 bridgehead atoms. The van der Waals surface area contributed by atoms with Crippen LogP contribution in [0.3, 0.4) is 0 Å². The lowest BCUT2D eigenvalue weighted by Crippen LogP contribution is -2.46. The Balaban J connectivity index is 2.07. The molecule has 0 amide bonds. The van der Waals surface area contributed by atoms with E-state index in [0.717, 1.165) is 12.1 Å². The van der Waals surface area contributed by atoms with Crippen LogP contribution in [0.25, 0.3) is 0 Å². The van der Waals surface area contributed by atoms with Crippen molar-refractivity contribution in [2.45, 2.75) is 13.0 Å². The van der Waals surface area contributed by atoms with Crippen molar-refractivity contribution in [3.8, 4) is 0 Å². The molecule has 0 aromatic heterocycles. The molecule has 98 valence electrons. The van der Waals surface area contributed by atoms with Crippen LogP contribution in [0.15, 0.2) is 18.2 Å². The second-order valence-electron chi connectivity index (χ2n) is 4.44. The molecule has 0 aliphatic carbocycles. The summed E-state index contributed by atoms with van der Waals surface area (Å²) in [5, 5.41) is 0. The van der Waals surface area contributed by atoms with E-state index in [-0.39, 0.29) is 23.9 Å². The predicted octanol–water partition coefficient (Wildman–Crippen LogP) is 1.87. The van der Waals surface area contributed by atoms with Gasteiger partial charge in [0, 0.05) is 18.7 Å². The monoisotopic (exact) mass is 255 g/mol. The molecule has 0 saturated carbocycles. The maximum Gasteiger partial charge on any atom is 0.179 e. The van der Waals surface area contributed by atoms with Crippen LogP contribution in [0.5, 0.6) is 0 Å². The number of hydrogen-bond donors (Lipinski definition) is 0. The topological polar surface area (TPSA) is 29.5 Å². The lowest BCUT2D eigenvalue weighted by atomic mass is 10.1. The number of morpholine rings is 1. The molecular weight excluding hydrogens is 240 g/mol. The number of benzene rings is 1. The summed E-state index contributed by atoms with van der Waals surface area (Å²) in [6.45, 7) is 3.87. The Labute approximate surface area is 104 Å². The zero-order valence-corrected chi connectivity index (χ0v) is 10.2. The van der Waals surface area contributed by atoms with E-state index < -0.39 is 11.6 Å². The molecule has 1 aliphatic heterocycles. The first kappa shape index (κ1) is 13.1. The highest BCUT2D eigenvalue weighted by atomic mass is 19.1. The molecule has 2 rings (SSSR count). The first-order chi connectivity index (χ1) is 8.58. The first-order valence-electron chi connectivity index (χ1n) is 5.88. The van der Waals surface area contributed by atoms with Gasteiger partial charge in [0.2, 0.25) is 0 Å². The number of halogens is 2. The highest BCUT2D eigenvalue weighted by Crippen LogP contribution is 2.13. The number of Topliss-reactive ketones (excluding diaryl/α,β-unsaturated/α-hetero) is 1. The van der Waals surface area contributed by atoms with Gasteiger partial charge in [-0.1, -0.05) is 0 Å². The summed E-state index contributed by atoms with van der Waals surface area (Å²) in [4.78, 5) is 13.9. The van der Waals surface area contributed by atoms with Crippen molar-refractivity contribution in [1.82, 2.24) is 4.90 Å².